The highest BCUT2D eigenvalue weighted by Gasteiger charge is 2.31. The van der Waals surface area contributed by atoms with Crippen LogP contribution in [0, 0.1) is 0 Å². The van der Waals surface area contributed by atoms with Crippen molar-refractivity contribution < 1.29 is 14.3 Å². The van der Waals surface area contributed by atoms with Crippen LogP contribution in [0.3, 0.4) is 0 Å². The summed E-state index contributed by atoms with van der Waals surface area (Å²) in [6.45, 7) is 11.1. The lowest BCUT2D eigenvalue weighted by molar-refractivity contribution is 0.0128. The molecule has 1 amide bonds. The molecule has 0 aliphatic carbocycles. The molecule has 1 aliphatic rings. The Balaban J connectivity index is 2.45. The average molecular weight is 241 g/mol. The summed E-state index contributed by atoms with van der Waals surface area (Å²) < 4.78 is 10.8. The van der Waals surface area contributed by atoms with Gasteiger partial charge >= 0.3 is 6.09 Å². The van der Waals surface area contributed by atoms with E-state index in [1.54, 1.807) is 11.0 Å². The summed E-state index contributed by atoms with van der Waals surface area (Å²) in [6, 6.07) is 0.143. The van der Waals surface area contributed by atoms with Crippen molar-refractivity contribution in [1.82, 2.24) is 4.90 Å². The Morgan fingerprint density at radius 1 is 1.53 bits per heavy atom. The number of hydrogen-bond donors (Lipinski definition) is 0. The first-order valence-electron chi connectivity index (χ1n) is 6.12. The highest BCUT2D eigenvalue weighted by Crippen LogP contribution is 2.20. The van der Waals surface area contributed by atoms with Gasteiger partial charge in [-0.3, -0.25) is 0 Å². The third-order valence-corrected chi connectivity index (χ3v) is 2.55. The number of likely N-dealkylation sites (tertiary alicyclic amines) is 1. The third kappa shape index (κ3) is 4.77. The van der Waals surface area contributed by atoms with Gasteiger partial charge in [0.15, 0.2) is 0 Å². The van der Waals surface area contributed by atoms with Gasteiger partial charge in [-0.1, -0.05) is 6.08 Å². The molecule has 0 spiro atoms. The van der Waals surface area contributed by atoms with Gasteiger partial charge in [-0.2, -0.15) is 0 Å². The minimum atomic E-state index is -0.438. The van der Waals surface area contributed by atoms with Gasteiger partial charge in [0.1, 0.15) is 5.60 Å². The zero-order valence-electron chi connectivity index (χ0n) is 11.1. The van der Waals surface area contributed by atoms with Crippen molar-refractivity contribution in [3.05, 3.63) is 12.7 Å². The SMILES string of the molecule is C=CCOC[C@@H]1CCCN1C(=O)OC(C)(C)C. The number of carbonyl (C=O) groups excluding carboxylic acids is 1. The summed E-state index contributed by atoms with van der Waals surface area (Å²) in [7, 11) is 0. The Labute approximate surface area is 104 Å². The van der Waals surface area contributed by atoms with E-state index in [4.69, 9.17) is 9.47 Å². The molecule has 1 rings (SSSR count). The molecule has 4 nitrogen and oxygen atoms in total. The van der Waals surface area contributed by atoms with Gasteiger partial charge in [-0.05, 0) is 33.6 Å². The average Bonchev–Trinajstić information content (AvgIpc) is 2.64. The van der Waals surface area contributed by atoms with E-state index < -0.39 is 5.60 Å². The molecule has 0 aromatic carbocycles. The molecule has 1 atom stereocenters. The highest BCUT2D eigenvalue weighted by atomic mass is 16.6. The smallest absolute Gasteiger partial charge is 0.410 e. The van der Waals surface area contributed by atoms with Gasteiger partial charge in [0.05, 0.1) is 19.3 Å². The fourth-order valence-corrected chi connectivity index (χ4v) is 1.86. The zero-order valence-corrected chi connectivity index (χ0v) is 11.1. The normalized spacial score (nSPS) is 20.4. The molecule has 17 heavy (non-hydrogen) atoms. The van der Waals surface area contributed by atoms with Crippen LogP contribution in [0.4, 0.5) is 4.79 Å². The lowest BCUT2D eigenvalue weighted by Gasteiger charge is -2.28. The van der Waals surface area contributed by atoms with Gasteiger partial charge < -0.3 is 14.4 Å². The van der Waals surface area contributed by atoms with E-state index in [1.165, 1.54) is 0 Å². The fourth-order valence-electron chi connectivity index (χ4n) is 1.86. The van der Waals surface area contributed by atoms with E-state index in [1.807, 2.05) is 20.8 Å². The molecule has 0 bridgehead atoms. The van der Waals surface area contributed by atoms with E-state index in [0.717, 1.165) is 19.4 Å². The first kappa shape index (κ1) is 14.0. The molecule has 0 N–H and O–H groups in total. The second-order valence-corrected chi connectivity index (χ2v) is 5.30. The quantitative estimate of drug-likeness (QED) is 0.561. The Hall–Kier alpha value is -1.03. The maximum atomic E-state index is 11.9. The van der Waals surface area contributed by atoms with Gasteiger partial charge in [-0.15, -0.1) is 6.58 Å². The molecule has 0 aromatic rings. The second kappa shape index (κ2) is 6.05. The van der Waals surface area contributed by atoms with Crippen molar-refractivity contribution in [2.45, 2.75) is 45.3 Å². The van der Waals surface area contributed by atoms with Crippen LogP contribution in [0.5, 0.6) is 0 Å². The van der Waals surface area contributed by atoms with E-state index in [0.29, 0.717) is 13.2 Å². The lowest BCUT2D eigenvalue weighted by atomic mass is 10.2. The van der Waals surface area contributed by atoms with Crippen LogP contribution in [0.2, 0.25) is 0 Å². The summed E-state index contributed by atoms with van der Waals surface area (Å²) >= 11 is 0. The van der Waals surface area contributed by atoms with Crippen molar-refractivity contribution >= 4 is 6.09 Å². The fraction of sp³-hybridized carbons (Fsp3) is 0.769. The van der Waals surface area contributed by atoms with Crippen molar-refractivity contribution in [1.29, 1.82) is 0 Å². The highest BCUT2D eigenvalue weighted by molar-refractivity contribution is 5.68. The van der Waals surface area contributed by atoms with E-state index in [-0.39, 0.29) is 12.1 Å². The van der Waals surface area contributed by atoms with E-state index in [9.17, 15) is 4.79 Å². The molecule has 1 heterocycles. The van der Waals surface area contributed by atoms with E-state index in [2.05, 4.69) is 6.58 Å². The molecule has 1 saturated heterocycles. The second-order valence-electron chi connectivity index (χ2n) is 5.30. The molecule has 0 saturated carbocycles. The first-order chi connectivity index (χ1) is 7.94. The van der Waals surface area contributed by atoms with Gasteiger partial charge in [0.25, 0.3) is 0 Å². The Kier molecular flexibility index (Phi) is 5.00. The Bertz CT molecular complexity index is 270. The third-order valence-electron chi connectivity index (χ3n) is 2.55. The minimum absolute atomic E-state index is 0.143. The minimum Gasteiger partial charge on any atom is -0.444 e. The van der Waals surface area contributed by atoms with Gasteiger partial charge in [-0.25, -0.2) is 4.79 Å². The van der Waals surface area contributed by atoms with Crippen LogP contribution < -0.4 is 0 Å². The monoisotopic (exact) mass is 241 g/mol. The predicted molar refractivity (Wildman–Crippen MR) is 67.0 cm³/mol. The molecular formula is C13H23NO3. The van der Waals surface area contributed by atoms with Crippen LogP contribution in [-0.4, -0.2) is 42.4 Å². The van der Waals surface area contributed by atoms with Crippen molar-refractivity contribution in [3.63, 3.8) is 0 Å². The van der Waals surface area contributed by atoms with Gasteiger partial charge in [0, 0.05) is 6.54 Å². The summed E-state index contributed by atoms with van der Waals surface area (Å²) in [6.07, 6.45) is 3.48. The maximum Gasteiger partial charge on any atom is 0.410 e. The van der Waals surface area contributed by atoms with Crippen LogP contribution in [0.15, 0.2) is 12.7 Å². The predicted octanol–water partition coefficient (Wildman–Crippen LogP) is 2.59. The molecule has 1 fully saturated rings. The van der Waals surface area contributed by atoms with Crippen LogP contribution in [-0.2, 0) is 9.47 Å². The number of carbonyl (C=O) groups is 1. The van der Waals surface area contributed by atoms with Crippen molar-refractivity contribution in [3.8, 4) is 0 Å². The number of nitrogens with zero attached hydrogens (tertiary/aromatic N) is 1. The summed E-state index contributed by atoms with van der Waals surface area (Å²) in [5, 5.41) is 0. The zero-order chi connectivity index (χ0) is 12.9. The maximum absolute atomic E-state index is 11.9. The number of ether oxygens (including phenoxy) is 2. The topological polar surface area (TPSA) is 38.8 Å². The lowest BCUT2D eigenvalue weighted by Crippen LogP contribution is -2.41. The molecule has 0 radical (unpaired) electrons. The summed E-state index contributed by atoms with van der Waals surface area (Å²) in [5.74, 6) is 0. The Morgan fingerprint density at radius 2 is 2.24 bits per heavy atom. The van der Waals surface area contributed by atoms with Crippen LogP contribution in [0.1, 0.15) is 33.6 Å². The summed E-state index contributed by atoms with van der Waals surface area (Å²) in [4.78, 5) is 13.7. The molecule has 0 aromatic heterocycles. The molecule has 1 aliphatic heterocycles. The van der Waals surface area contributed by atoms with Crippen LogP contribution in [0.25, 0.3) is 0 Å². The van der Waals surface area contributed by atoms with Crippen molar-refractivity contribution in [2.24, 2.45) is 0 Å². The molecular weight excluding hydrogens is 218 g/mol. The molecule has 0 unspecified atom stereocenters. The largest absolute Gasteiger partial charge is 0.444 e. The van der Waals surface area contributed by atoms with E-state index >= 15 is 0 Å². The van der Waals surface area contributed by atoms with Crippen LogP contribution >= 0.6 is 0 Å². The van der Waals surface area contributed by atoms with Crippen molar-refractivity contribution in [2.75, 3.05) is 19.8 Å². The van der Waals surface area contributed by atoms with Gasteiger partial charge in [0.2, 0.25) is 0 Å². The first-order valence-corrected chi connectivity index (χ1v) is 6.12. The number of amides is 1. The standard InChI is InChI=1S/C13H23NO3/c1-5-9-16-10-11-7-6-8-14(11)12(15)17-13(2,3)4/h5,11H,1,6-10H2,2-4H3/t11-/m0/s1. The summed E-state index contributed by atoms with van der Waals surface area (Å²) in [5.41, 5.74) is -0.438. The number of rotatable bonds is 4. The molecule has 4 heteroatoms. The number of hydrogen-bond acceptors (Lipinski definition) is 3. The Morgan fingerprint density at radius 3 is 2.82 bits per heavy atom. The molecule has 98 valence electrons.